The molecule has 6 nitrogen and oxygen atoms in total. The summed E-state index contributed by atoms with van der Waals surface area (Å²) in [6.07, 6.45) is 0.726. The Morgan fingerprint density at radius 1 is 1.20 bits per heavy atom. The summed E-state index contributed by atoms with van der Waals surface area (Å²) in [4.78, 5) is 28.8. The molecule has 0 fully saturated rings. The number of phenolic OH excluding ortho intramolecular Hbond substituents is 1. The van der Waals surface area contributed by atoms with E-state index < -0.39 is 17.7 Å². The molecule has 1 amide bonds. The number of phenols is 1. The van der Waals surface area contributed by atoms with Crippen LogP contribution in [0.4, 0.5) is 0 Å². The summed E-state index contributed by atoms with van der Waals surface area (Å²) in [7, 11) is 3.90. The summed E-state index contributed by atoms with van der Waals surface area (Å²) in [5.74, 6) is -1.43. The van der Waals surface area contributed by atoms with Gasteiger partial charge in [0, 0.05) is 12.5 Å². The van der Waals surface area contributed by atoms with Crippen LogP contribution in [0.3, 0.4) is 0 Å². The minimum atomic E-state index is -0.620. The number of nitrogens with zero attached hydrogens (tertiary/aromatic N) is 2. The largest absolute Gasteiger partial charge is 0.508 e. The molecule has 0 radical (unpaired) electrons. The van der Waals surface area contributed by atoms with E-state index >= 15 is 0 Å². The Kier molecular flexibility index (Phi) is 5.85. The monoisotopic (exact) mass is 346 g/mol. The fourth-order valence-electron chi connectivity index (χ4n) is 3.01. The molecule has 2 N–H and O–H groups in total. The quantitative estimate of drug-likeness (QED) is 0.791. The van der Waals surface area contributed by atoms with E-state index in [2.05, 4.69) is 0 Å². The Morgan fingerprint density at radius 2 is 1.80 bits per heavy atom. The molecule has 0 aromatic heterocycles. The first-order valence-corrected chi connectivity index (χ1v) is 8.46. The van der Waals surface area contributed by atoms with Crippen molar-refractivity contribution in [3.05, 3.63) is 41.2 Å². The van der Waals surface area contributed by atoms with Gasteiger partial charge >= 0.3 is 0 Å². The molecule has 1 heterocycles. The maximum Gasteiger partial charge on any atom is 0.290 e. The van der Waals surface area contributed by atoms with Crippen LogP contribution in [0.1, 0.15) is 31.9 Å². The minimum Gasteiger partial charge on any atom is -0.508 e. The van der Waals surface area contributed by atoms with Crippen molar-refractivity contribution in [2.24, 2.45) is 5.92 Å². The Balaban J connectivity index is 2.40. The molecule has 1 aromatic carbocycles. The third-order valence-electron chi connectivity index (χ3n) is 4.31. The molecule has 136 valence electrons. The molecule has 0 saturated heterocycles. The maximum absolute atomic E-state index is 12.6. The summed E-state index contributed by atoms with van der Waals surface area (Å²) in [6.45, 7) is 4.72. The van der Waals surface area contributed by atoms with Crippen molar-refractivity contribution in [3.8, 4) is 5.75 Å². The first kappa shape index (κ1) is 19.0. The molecule has 2 rings (SSSR count). The first-order valence-electron chi connectivity index (χ1n) is 8.46. The number of carbonyl (C=O) groups excluding carboxylic acids is 2. The topological polar surface area (TPSA) is 81.1 Å². The average molecular weight is 346 g/mol. The molecule has 1 aromatic rings. The lowest BCUT2D eigenvalue weighted by molar-refractivity contribution is -0.129. The molecular formula is C19H26N2O4. The lowest BCUT2D eigenvalue weighted by atomic mass is 9.91. The fourth-order valence-corrected chi connectivity index (χ4v) is 3.01. The number of hydrogen-bond donors (Lipinski definition) is 2. The van der Waals surface area contributed by atoms with Crippen LogP contribution in [0.5, 0.6) is 5.75 Å². The third-order valence-corrected chi connectivity index (χ3v) is 4.31. The number of hydrogen-bond acceptors (Lipinski definition) is 5. The van der Waals surface area contributed by atoms with Gasteiger partial charge in [0.1, 0.15) is 5.75 Å². The van der Waals surface area contributed by atoms with Crippen molar-refractivity contribution in [1.29, 1.82) is 0 Å². The van der Waals surface area contributed by atoms with Crippen LogP contribution in [0.25, 0.3) is 0 Å². The Hall–Kier alpha value is -2.34. The van der Waals surface area contributed by atoms with E-state index in [0.717, 1.165) is 13.0 Å². The smallest absolute Gasteiger partial charge is 0.290 e. The van der Waals surface area contributed by atoms with Gasteiger partial charge in [0.05, 0.1) is 11.6 Å². The SMILES string of the molecule is CC(C)C(=O)C1=C(O)C(=O)N(CCCN(C)C)C1c1ccc(O)cc1. The summed E-state index contributed by atoms with van der Waals surface area (Å²) >= 11 is 0. The number of ketones is 1. The van der Waals surface area contributed by atoms with Gasteiger partial charge < -0.3 is 20.0 Å². The van der Waals surface area contributed by atoms with E-state index in [4.69, 9.17) is 0 Å². The summed E-state index contributed by atoms with van der Waals surface area (Å²) in [6, 6.07) is 5.77. The molecule has 6 heteroatoms. The summed E-state index contributed by atoms with van der Waals surface area (Å²) in [5.41, 5.74) is 0.847. The molecule has 1 unspecified atom stereocenters. The number of aliphatic hydroxyl groups excluding tert-OH is 1. The van der Waals surface area contributed by atoms with Gasteiger partial charge in [0.15, 0.2) is 11.5 Å². The van der Waals surface area contributed by atoms with Gasteiger partial charge in [0.25, 0.3) is 5.91 Å². The highest BCUT2D eigenvalue weighted by Gasteiger charge is 2.43. The van der Waals surface area contributed by atoms with E-state index in [-0.39, 0.29) is 23.0 Å². The standard InChI is InChI=1S/C19H26N2O4/c1-12(2)17(23)15-16(13-6-8-14(22)9-7-13)21(19(25)18(15)24)11-5-10-20(3)4/h6-9,12,16,22,24H,5,10-11H2,1-4H3. The zero-order valence-electron chi connectivity index (χ0n) is 15.2. The number of carbonyl (C=O) groups is 2. The van der Waals surface area contributed by atoms with Gasteiger partial charge in [-0.2, -0.15) is 0 Å². The molecule has 1 aliphatic heterocycles. The van der Waals surface area contributed by atoms with Gasteiger partial charge in [-0.05, 0) is 44.8 Å². The normalized spacial score (nSPS) is 17.9. The van der Waals surface area contributed by atoms with Crippen molar-refractivity contribution in [2.75, 3.05) is 27.2 Å². The maximum atomic E-state index is 12.6. The van der Waals surface area contributed by atoms with Crippen molar-refractivity contribution in [2.45, 2.75) is 26.3 Å². The Morgan fingerprint density at radius 3 is 2.32 bits per heavy atom. The predicted molar refractivity (Wildman–Crippen MR) is 95.2 cm³/mol. The highest BCUT2D eigenvalue weighted by Crippen LogP contribution is 2.39. The average Bonchev–Trinajstić information content (AvgIpc) is 2.79. The van der Waals surface area contributed by atoms with E-state index in [0.29, 0.717) is 12.1 Å². The molecule has 0 saturated carbocycles. The van der Waals surface area contributed by atoms with Gasteiger partial charge in [-0.25, -0.2) is 0 Å². The first-order chi connectivity index (χ1) is 11.7. The van der Waals surface area contributed by atoms with Crippen LogP contribution in [-0.4, -0.2) is 58.9 Å². The van der Waals surface area contributed by atoms with Gasteiger partial charge in [0.2, 0.25) is 0 Å². The van der Waals surface area contributed by atoms with Crippen molar-refractivity contribution < 1.29 is 19.8 Å². The van der Waals surface area contributed by atoms with Crippen LogP contribution in [0.2, 0.25) is 0 Å². The molecule has 1 aliphatic rings. The Bertz CT molecular complexity index is 677. The molecule has 0 spiro atoms. The van der Waals surface area contributed by atoms with E-state index in [9.17, 15) is 19.8 Å². The lowest BCUT2D eigenvalue weighted by Gasteiger charge is -2.27. The van der Waals surface area contributed by atoms with Crippen LogP contribution in [-0.2, 0) is 9.59 Å². The van der Waals surface area contributed by atoms with E-state index in [1.54, 1.807) is 30.9 Å². The lowest BCUT2D eigenvalue weighted by Crippen LogP contribution is -2.33. The van der Waals surface area contributed by atoms with E-state index in [1.165, 1.54) is 12.1 Å². The number of rotatable bonds is 7. The zero-order chi connectivity index (χ0) is 18.7. The highest BCUT2D eigenvalue weighted by molar-refractivity contribution is 6.09. The second-order valence-electron chi connectivity index (χ2n) is 6.93. The van der Waals surface area contributed by atoms with E-state index in [1.807, 2.05) is 19.0 Å². The van der Waals surface area contributed by atoms with Crippen LogP contribution >= 0.6 is 0 Å². The molecule has 1 atom stereocenters. The zero-order valence-corrected chi connectivity index (χ0v) is 15.2. The number of aromatic hydroxyl groups is 1. The number of amides is 1. The van der Waals surface area contributed by atoms with Crippen molar-refractivity contribution >= 4 is 11.7 Å². The molecule has 25 heavy (non-hydrogen) atoms. The summed E-state index contributed by atoms with van der Waals surface area (Å²) in [5, 5.41) is 19.9. The van der Waals surface area contributed by atoms with Gasteiger partial charge in [-0.15, -0.1) is 0 Å². The Labute approximate surface area is 148 Å². The van der Waals surface area contributed by atoms with Gasteiger partial charge in [-0.3, -0.25) is 9.59 Å². The van der Waals surface area contributed by atoms with Crippen LogP contribution in [0, 0.1) is 5.92 Å². The highest BCUT2D eigenvalue weighted by atomic mass is 16.3. The predicted octanol–water partition coefficient (Wildman–Crippen LogP) is 2.26. The van der Waals surface area contributed by atoms with Crippen molar-refractivity contribution in [3.63, 3.8) is 0 Å². The molecule has 0 bridgehead atoms. The van der Waals surface area contributed by atoms with Gasteiger partial charge in [-0.1, -0.05) is 26.0 Å². The van der Waals surface area contributed by atoms with Crippen LogP contribution < -0.4 is 0 Å². The minimum absolute atomic E-state index is 0.108. The molecule has 0 aliphatic carbocycles. The number of Topliss-reactive ketones (excluding diaryl/α,β-unsaturated/α-hetero) is 1. The summed E-state index contributed by atoms with van der Waals surface area (Å²) < 4.78 is 0. The third kappa shape index (κ3) is 4.02. The second kappa shape index (κ2) is 7.70. The number of benzene rings is 1. The second-order valence-corrected chi connectivity index (χ2v) is 6.93. The van der Waals surface area contributed by atoms with Crippen molar-refractivity contribution in [1.82, 2.24) is 9.80 Å². The molecular weight excluding hydrogens is 320 g/mol. The fraction of sp³-hybridized carbons (Fsp3) is 0.474. The van der Waals surface area contributed by atoms with Crippen LogP contribution in [0.15, 0.2) is 35.6 Å². The number of aliphatic hydroxyl groups is 1.